The highest BCUT2D eigenvalue weighted by Crippen LogP contribution is 2.56. The molecule has 2 aliphatic rings. The van der Waals surface area contributed by atoms with Crippen molar-refractivity contribution < 1.29 is 23.4 Å². The van der Waals surface area contributed by atoms with Crippen LogP contribution in [0.1, 0.15) is 52.7 Å². The van der Waals surface area contributed by atoms with E-state index in [-0.39, 0.29) is 28.7 Å². The van der Waals surface area contributed by atoms with Crippen LogP contribution in [0.5, 0.6) is 0 Å². The van der Waals surface area contributed by atoms with E-state index in [4.69, 9.17) is 18.6 Å². The molecule has 0 aromatic heterocycles. The molecule has 1 saturated carbocycles. The molecule has 1 amide bonds. The Bertz CT molecular complexity index is 1120. The second-order valence-electron chi connectivity index (χ2n) is 14.5. The number of rotatable bonds is 12. The van der Waals surface area contributed by atoms with Crippen molar-refractivity contribution >= 4 is 14.4 Å². The summed E-state index contributed by atoms with van der Waals surface area (Å²) in [7, 11) is -2.11. The molecule has 1 unspecified atom stereocenters. The number of alkyl carbamates (subject to hydrolysis) is 1. The summed E-state index contributed by atoms with van der Waals surface area (Å²) < 4.78 is 25.4. The number of nitrogens with one attached hydrogen (secondary N) is 1. The first-order chi connectivity index (χ1) is 19.7. The van der Waals surface area contributed by atoms with E-state index in [1.807, 2.05) is 57.2 Å². The van der Waals surface area contributed by atoms with Crippen molar-refractivity contribution in [3.8, 4) is 0 Å². The molecule has 0 heterocycles. The Morgan fingerprint density at radius 1 is 0.786 bits per heavy atom. The van der Waals surface area contributed by atoms with Crippen LogP contribution in [0, 0.1) is 23.7 Å². The van der Waals surface area contributed by atoms with Crippen LogP contribution in [0.3, 0.4) is 0 Å². The Hall–Kier alpha value is -2.45. The maximum Gasteiger partial charge on any atom is 0.408 e. The highest BCUT2D eigenvalue weighted by Gasteiger charge is 2.63. The molecule has 7 heteroatoms. The van der Waals surface area contributed by atoms with Crippen molar-refractivity contribution in [2.24, 2.45) is 23.7 Å². The lowest BCUT2D eigenvalue weighted by Gasteiger charge is -2.43. The van der Waals surface area contributed by atoms with Gasteiger partial charge in [0.05, 0.1) is 38.6 Å². The van der Waals surface area contributed by atoms with Crippen LogP contribution < -0.4 is 5.32 Å². The van der Waals surface area contributed by atoms with Crippen LogP contribution in [-0.4, -0.2) is 45.4 Å². The van der Waals surface area contributed by atoms with Gasteiger partial charge in [0.25, 0.3) is 0 Å². The largest absolute Gasteiger partial charge is 0.444 e. The summed E-state index contributed by atoms with van der Waals surface area (Å²) in [5.74, 6) is 0.358. The van der Waals surface area contributed by atoms with Gasteiger partial charge in [-0.3, -0.25) is 0 Å². The molecule has 2 bridgehead atoms. The SMILES string of the molecule is CC(C)(C)OC(=O)NC1(CO[Si](C)(C)C(C)(C)C)[C@@H]2C=C[C@H]1[C@H](COCc1ccccc1)[C@H]2COCc1ccccc1. The van der Waals surface area contributed by atoms with Gasteiger partial charge in [-0.2, -0.15) is 0 Å². The lowest BCUT2D eigenvalue weighted by Crippen LogP contribution is -2.60. The normalized spacial score (nSPS) is 25.5. The minimum Gasteiger partial charge on any atom is -0.444 e. The van der Waals surface area contributed by atoms with Crippen LogP contribution in [0.2, 0.25) is 18.1 Å². The second kappa shape index (κ2) is 13.0. The molecule has 0 aliphatic heterocycles. The van der Waals surface area contributed by atoms with Gasteiger partial charge in [-0.1, -0.05) is 93.6 Å². The van der Waals surface area contributed by atoms with Crippen molar-refractivity contribution in [3.63, 3.8) is 0 Å². The lowest BCUT2D eigenvalue weighted by molar-refractivity contribution is 0.0176. The molecular formula is C35H51NO5Si. The van der Waals surface area contributed by atoms with Crippen LogP contribution >= 0.6 is 0 Å². The summed E-state index contributed by atoms with van der Waals surface area (Å²) in [5.41, 5.74) is 1.05. The van der Waals surface area contributed by atoms with Crippen molar-refractivity contribution in [3.05, 3.63) is 83.9 Å². The van der Waals surface area contributed by atoms with E-state index in [1.54, 1.807) is 0 Å². The van der Waals surface area contributed by atoms with Gasteiger partial charge in [-0.05, 0) is 61.9 Å². The number of hydrogen-bond donors (Lipinski definition) is 1. The van der Waals surface area contributed by atoms with E-state index in [9.17, 15) is 4.79 Å². The number of amides is 1. The monoisotopic (exact) mass is 593 g/mol. The number of benzene rings is 2. The van der Waals surface area contributed by atoms with E-state index in [0.717, 1.165) is 11.1 Å². The van der Waals surface area contributed by atoms with Gasteiger partial charge in [0.15, 0.2) is 8.32 Å². The Morgan fingerprint density at radius 2 is 1.24 bits per heavy atom. The third-order valence-electron chi connectivity index (χ3n) is 9.24. The van der Waals surface area contributed by atoms with Gasteiger partial charge in [-0.25, -0.2) is 4.79 Å². The standard InChI is InChI=1S/C35H51NO5Si/c1-33(2,3)41-32(37)36-35(25-40-42(7,8)34(4,5)6)30-19-20-31(35)29(24-39-22-27-17-13-10-14-18-27)28(30)23-38-21-26-15-11-9-12-16-26/h9-20,28-31H,21-25H2,1-8H3,(H,36,37)/t28-,29-,30-,31+,35?/m1/s1. The van der Waals surface area contributed by atoms with E-state index in [0.29, 0.717) is 33.0 Å². The third kappa shape index (κ3) is 7.73. The molecule has 5 atom stereocenters. The first-order valence-electron chi connectivity index (χ1n) is 15.3. The molecule has 42 heavy (non-hydrogen) atoms. The van der Waals surface area contributed by atoms with E-state index >= 15 is 0 Å². The molecular weight excluding hydrogens is 542 g/mol. The summed E-state index contributed by atoms with van der Waals surface area (Å²) in [6.07, 6.45) is 4.12. The summed E-state index contributed by atoms with van der Waals surface area (Å²) in [6.45, 7) is 19.6. The fourth-order valence-electron chi connectivity index (χ4n) is 6.02. The van der Waals surface area contributed by atoms with E-state index in [1.165, 1.54) is 0 Å². The van der Waals surface area contributed by atoms with Crippen molar-refractivity contribution in [2.45, 2.75) is 84.0 Å². The first kappa shape index (κ1) is 32.5. The highest BCUT2D eigenvalue weighted by molar-refractivity contribution is 6.74. The molecule has 6 nitrogen and oxygen atoms in total. The summed E-state index contributed by atoms with van der Waals surface area (Å²) >= 11 is 0. The van der Waals surface area contributed by atoms with Crippen LogP contribution in [-0.2, 0) is 31.9 Å². The zero-order chi connectivity index (χ0) is 30.6. The molecule has 2 aliphatic carbocycles. The first-order valence-corrected chi connectivity index (χ1v) is 18.2. The molecule has 2 aromatic carbocycles. The molecule has 1 fully saturated rings. The zero-order valence-electron chi connectivity index (χ0n) is 26.8. The minimum absolute atomic E-state index is 0.0286. The van der Waals surface area contributed by atoms with Gasteiger partial charge in [0.1, 0.15) is 5.60 Å². The predicted octanol–water partition coefficient (Wildman–Crippen LogP) is 7.75. The number of hydrogen-bond acceptors (Lipinski definition) is 5. The molecule has 0 saturated heterocycles. The topological polar surface area (TPSA) is 66.0 Å². The minimum atomic E-state index is -2.11. The van der Waals surface area contributed by atoms with Crippen molar-refractivity contribution in [1.29, 1.82) is 0 Å². The van der Waals surface area contributed by atoms with Crippen molar-refractivity contribution in [1.82, 2.24) is 5.32 Å². The molecule has 0 radical (unpaired) electrons. The number of ether oxygens (including phenoxy) is 3. The molecule has 2 aromatic rings. The molecule has 0 spiro atoms. The Balaban J connectivity index is 1.60. The quantitative estimate of drug-likeness (QED) is 0.201. The van der Waals surface area contributed by atoms with Gasteiger partial charge in [-0.15, -0.1) is 0 Å². The maximum absolute atomic E-state index is 13.4. The van der Waals surface area contributed by atoms with Gasteiger partial charge >= 0.3 is 6.09 Å². The van der Waals surface area contributed by atoms with Gasteiger partial charge in [0, 0.05) is 11.8 Å². The summed E-state index contributed by atoms with van der Waals surface area (Å²) in [4.78, 5) is 13.4. The predicted molar refractivity (Wildman–Crippen MR) is 171 cm³/mol. The third-order valence-corrected chi connectivity index (χ3v) is 13.7. The highest BCUT2D eigenvalue weighted by atomic mass is 28.4. The van der Waals surface area contributed by atoms with Gasteiger partial charge < -0.3 is 24.0 Å². The second-order valence-corrected chi connectivity index (χ2v) is 19.3. The fourth-order valence-corrected chi connectivity index (χ4v) is 7.05. The number of fused-ring (bicyclic) bond motifs is 2. The fraction of sp³-hybridized carbons (Fsp3) is 0.571. The summed E-state index contributed by atoms with van der Waals surface area (Å²) in [5, 5.41) is 3.42. The molecule has 1 N–H and O–H groups in total. The maximum atomic E-state index is 13.4. The number of carbonyl (C=O) groups excluding carboxylic acids is 1. The Morgan fingerprint density at radius 3 is 1.64 bits per heavy atom. The van der Waals surface area contributed by atoms with E-state index < -0.39 is 25.6 Å². The summed E-state index contributed by atoms with van der Waals surface area (Å²) in [6, 6.07) is 20.5. The lowest BCUT2D eigenvalue weighted by atomic mass is 9.84. The van der Waals surface area contributed by atoms with Crippen LogP contribution in [0.15, 0.2) is 72.8 Å². The van der Waals surface area contributed by atoms with Crippen LogP contribution in [0.25, 0.3) is 0 Å². The number of carbonyl (C=O) groups is 1. The zero-order valence-corrected chi connectivity index (χ0v) is 27.8. The smallest absolute Gasteiger partial charge is 0.408 e. The average molecular weight is 594 g/mol. The van der Waals surface area contributed by atoms with Crippen molar-refractivity contribution in [2.75, 3.05) is 19.8 Å². The Kier molecular flexibility index (Phi) is 10.1. The Labute approximate surface area is 254 Å². The van der Waals surface area contributed by atoms with Crippen LogP contribution in [0.4, 0.5) is 4.79 Å². The average Bonchev–Trinajstić information content (AvgIpc) is 3.36. The van der Waals surface area contributed by atoms with E-state index in [2.05, 4.69) is 75.6 Å². The van der Waals surface area contributed by atoms with Gasteiger partial charge in [0.2, 0.25) is 0 Å². The molecule has 4 rings (SSSR count). The molecule has 230 valence electrons.